The van der Waals surface area contributed by atoms with Gasteiger partial charge in [0.15, 0.2) is 0 Å². The molecule has 0 aliphatic rings. The molecule has 0 aromatic heterocycles. The van der Waals surface area contributed by atoms with Crippen LogP contribution in [0.2, 0.25) is 0 Å². The fourth-order valence-corrected chi connectivity index (χ4v) is 1.84. The first-order valence-electron chi connectivity index (χ1n) is 6.77. The molecule has 5 heteroatoms. The molecule has 0 bridgehead atoms. The molecule has 0 atom stereocenters. The molecule has 22 heavy (non-hydrogen) atoms. The summed E-state index contributed by atoms with van der Waals surface area (Å²) in [6.07, 6.45) is 0. The van der Waals surface area contributed by atoms with Gasteiger partial charge < -0.3 is 9.47 Å². The highest BCUT2D eigenvalue weighted by molar-refractivity contribution is 6.00. The zero-order chi connectivity index (χ0) is 15.9. The van der Waals surface area contributed by atoms with Gasteiger partial charge in [0.05, 0.1) is 19.9 Å². The minimum atomic E-state index is -0.268. The van der Waals surface area contributed by atoms with Crippen molar-refractivity contribution in [2.24, 2.45) is 5.10 Å². The molecule has 0 heterocycles. The van der Waals surface area contributed by atoms with E-state index in [0.717, 1.165) is 11.3 Å². The van der Waals surface area contributed by atoms with Crippen molar-refractivity contribution in [1.29, 1.82) is 0 Å². The second-order valence-electron chi connectivity index (χ2n) is 4.60. The summed E-state index contributed by atoms with van der Waals surface area (Å²) in [5, 5.41) is 4.11. The third-order valence-electron chi connectivity index (χ3n) is 3.19. The van der Waals surface area contributed by atoms with Crippen molar-refractivity contribution in [3.8, 4) is 11.5 Å². The molecule has 1 amide bonds. The van der Waals surface area contributed by atoms with Gasteiger partial charge in [-0.05, 0) is 61.0 Å². The van der Waals surface area contributed by atoms with E-state index in [1.165, 1.54) is 0 Å². The summed E-state index contributed by atoms with van der Waals surface area (Å²) >= 11 is 0. The molecule has 0 saturated heterocycles. The van der Waals surface area contributed by atoms with Crippen molar-refractivity contribution in [1.82, 2.24) is 5.43 Å². The summed E-state index contributed by atoms with van der Waals surface area (Å²) in [4.78, 5) is 12.0. The van der Waals surface area contributed by atoms with Crippen LogP contribution in [0.5, 0.6) is 11.5 Å². The minimum absolute atomic E-state index is 0.268. The highest BCUT2D eigenvalue weighted by Gasteiger charge is 2.05. The van der Waals surface area contributed by atoms with Crippen molar-refractivity contribution in [2.75, 3.05) is 14.2 Å². The Hall–Kier alpha value is -2.82. The lowest BCUT2D eigenvalue weighted by Gasteiger charge is -2.05. The Morgan fingerprint density at radius 3 is 1.77 bits per heavy atom. The van der Waals surface area contributed by atoms with E-state index in [-0.39, 0.29) is 5.91 Å². The number of methoxy groups -OCH3 is 2. The van der Waals surface area contributed by atoms with E-state index < -0.39 is 0 Å². The number of nitrogens with zero attached hydrogens (tertiary/aromatic N) is 1. The number of hydrogen-bond acceptors (Lipinski definition) is 4. The number of rotatable bonds is 5. The molecule has 0 fully saturated rings. The normalized spacial score (nSPS) is 11.0. The molecule has 0 saturated carbocycles. The van der Waals surface area contributed by atoms with Gasteiger partial charge in [0.2, 0.25) is 0 Å². The second kappa shape index (κ2) is 7.26. The molecular weight excluding hydrogens is 280 g/mol. The standard InChI is InChI=1S/C17H18N2O3/c1-12(13-4-8-15(21-2)9-5-13)18-19-17(20)14-6-10-16(22-3)11-7-14/h4-11H,1-3H3,(H,19,20)/b18-12-. The number of nitrogens with one attached hydrogen (secondary N) is 1. The van der Waals surface area contributed by atoms with Gasteiger partial charge in [0.25, 0.3) is 5.91 Å². The summed E-state index contributed by atoms with van der Waals surface area (Å²) in [5.74, 6) is 1.21. The number of hydrazone groups is 1. The van der Waals surface area contributed by atoms with Gasteiger partial charge in [-0.2, -0.15) is 5.10 Å². The van der Waals surface area contributed by atoms with Crippen LogP contribution in [0.1, 0.15) is 22.8 Å². The number of carbonyl (C=O) groups excluding carboxylic acids is 1. The molecule has 2 rings (SSSR count). The Morgan fingerprint density at radius 1 is 0.864 bits per heavy atom. The van der Waals surface area contributed by atoms with Gasteiger partial charge in [-0.1, -0.05) is 0 Å². The first-order chi connectivity index (χ1) is 10.6. The van der Waals surface area contributed by atoms with Crippen molar-refractivity contribution in [3.63, 3.8) is 0 Å². The lowest BCUT2D eigenvalue weighted by atomic mass is 10.1. The Kier molecular flexibility index (Phi) is 5.14. The van der Waals surface area contributed by atoms with E-state index in [1.807, 2.05) is 31.2 Å². The molecule has 1 N–H and O–H groups in total. The summed E-state index contributed by atoms with van der Waals surface area (Å²) < 4.78 is 10.2. The van der Waals surface area contributed by atoms with E-state index in [2.05, 4.69) is 10.5 Å². The molecule has 2 aromatic carbocycles. The van der Waals surface area contributed by atoms with Gasteiger partial charge in [-0.3, -0.25) is 4.79 Å². The van der Waals surface area contributed by atoms with Gasteiger partial charge in [0, 0.05) is 5.56 Å². The zero-order valence-corrected chi connectivity index (χ0v) is 12.8. The number of amides is 1. The maximum Gasteiger partial charge on any atom is 0.271 e. The fraction of sp³-hybridized carbons (Fsp3) is 0.176. The largest absolute Gasteiger partial charge is 0.497 e. The highest BCUT2D eigenvalue weighted by atomic mass is 16.5. The van der Waals surface area contributed by atoms with E-state index in [9.17, 15) is 4.79 Å². The van der Waals surface area contributed by atoms with E-state index in [4.69, 9.17) is 9.47 Å². The van der Waals surface area contributed by atoms with Crippen molar-refractivity contribution >= 4 is 11.6 Å². The lowest BCUT2D eigenvalue weighted by molar-refractivity contribution is 0.0955. The van der Waals surface area contributed by atoms with Crippen molar-refractivity contribution in [2.45, 2.75) is 6.92 Å². The van der Waals surface area contributed by atoms with Gasteiger partial charge in [-0.25, -0.2) is 5.43 Å². The Balaban J connectivity index is 2.03. The maximum atomic E-state index is 12.0. The molecule has 2 aromatic rings. The van der Waals surface area contributed by atoms with Crippen LogP contribution in [0.4, 0.5) is 0 Å². The molecule has 0 radical (unpaired) electrons. The van der Waals surface area contributed by atoms with Crippen LogP contribution in [0.15, 0.2) is 53.6 Å². The molecule has 0 aliphatic heterocycles. The molecule has 5 nitrogen and oxygen atoms in total. The topological polar surface area (TPSA) is 59.9 Å². The van der Waals surface area contributed by atoms with Crippen LogP contribution in [0.25, 0.3) is 0 Å². The average molecular weight is 298 g/mol. The van der Waals surface area contributed by atoms with Crippen LogP contribution in [-0.2, 0) is 0 Å². The first kappa shape index (κ1) is 15.6. The number of ether oxygens (including phenoxy) is 2. The third kappa shape index (κ3) is 3.85. The molecule has 114 valence electrons. The minimum Gasteiger partial charge on any atom is -0.497 e. The Morgan fingerprint density at radius 2 is 1.32 bits per heavy atom. The molecule has 0 unspecified atom stereocenters. The van der Waals surface area contributed by atoms with E-state index >= 15 is 0 Å². The van der Waals surface area contributed by atoms with Crippen LogP contribution in [0, 0.1) is 0 Å². The average Bonchev–Trinajstić information content (AvgIpc) is 2.59. The monoisotopic (exact) mass is 298 g/mol. The van der Waals surface area contributed by atoms with Crippen molar-refractivity contribution < 1.29 is 14.3 Å². The van der Waals surface area contributed by atoms with Gasteiger partial charge in [-0.15, -0.1) is 0 Å². The molecular formula is C17H18N2O3. The lowest BCUT2D eigenvalue weighted by Crippen LogP contribution is -2.19. The van der Waals surface area contributed by atoms with Crippen LogP contribution in [-0.4, -0.2) is 25.8 Å². The van der Waals surface area contributed by atoms with Crippen LogP contribution >= 0.6 is 0 Å². The quantitative estimate of drug-likeness (QED) is 0.682. The van der Waals surface area contributed by atoms with Gasteiger partial charge in [0.1, 0.15) is 11.5 Å². The first-order valence-corrected chi connectivity index (χ1v) is 6.77. The third-order valence-corrected chi connectivity index (χ3v) is 3.19. The Bertz CT molecular complexity index is 661. The fourth-order valence-electron chi connectivity index (χ4n) is 1.84. The van der Waals surface area contributed by atoms with E-state index in [0.29, 0.717) is 17.0 Å². The number of carbonyl (C=O) groups is 1. The summed E-state index contributed by atoms with van der Waals surface area (Å²) in [6.45, 7) is 1.83. The summed E-state index contributed by atoms with van der Waals surface area (Å²) in [7, 11) is 3.20. The second-order valence-corrected chi connectivity index (χ2v) is 4.60. The Labute approximate surface area is 129 Å². The SMILES string of the molecule is COc1ccc(C(=O)N/N=C(/C)c2ccc(OC)cc2)cc1. The predicted octanol–water partition coefficient (Wildman–Crippen LogP) is 2.86. The predicted molar refractivity (Wildman–Crippen MR) is 85.7 cm³/mol. The number of benzene rings is 2. The van der Waals surface area contributed by atoms with E-state index in [1.54, 1.807) is 38.5 Å². The van der Waals surface area contributed by atoms with Crippen LogP contribution in [0.3, 0.4) is 0 Å². The van der Waals surface area contributed by atoms with Crippen molar-refractivity contribution in [3.05, 3.63) is 59.7 Å². The summed E-state index contributed by atoms with van der Waals surface area (Å²) in [5.41, 5.74) is 4.69. The molecule has 0 spiro atoms. The smallest absolute Gasteiger partial charge is 0.271 e. The van der Waals surface area contributed by atoms with Gasteiger partial charge >= 0.3 is 0 Å². The van der Waals surface area contributed by atoms with Crippen LogP contribution < -0.4 is 14.9 Å². The molecule has 0 aliphatic carbocycles. The highest BCUT2D eigenvalue weighted by Crippen LogP contribution is 2.13. The maximum absolute atomic E-state index is 12.0. The summed E-state index contributed by atoms with van der Waals surface area (Å²) in [6, 6.07) is 14.3. The number of hydrogen-bond donors (Lipinski definition) is 1. The zero-order valence-electron chi connectivity index (χ0n) is 12.8.